The van der Waals surface area contributed by atoms with E-state index in [1.54, 1.807) is 0 Å². The Morgan fingerprint density at radius 3 is 2.67 bits per heavy atom. The number of piperidine rings is 1. The summed E-state index contributed by atoms with van der Waals surface area (Å²) in [6, 6.07) is 2.37. The summed E-state index contributed by atoms with van der Waals surface area (Å²) in [5.74, 6) is -1.23. The number of nitrogens with one attached hydrogen (secondary N) is 1. The number of likely N-dealkylation sites (tertiary alicyclic amines) is 1. The molecule has 1 aliphatic heterocycles. The van der Waals surface area contributed by atoms with Gasteiger partial charge < -0.3 is 5.32 Å². The molecule has 1 aromatic carbocycles. The molecule has 1 fully saturated rings. The molecule has 0 radical (unpaired) electrons. The van der Waals surface area contributed by atoms with Crippen LogP contribution in [0, 0.1) is 5.82 Å². The van der Waals surface area contributed by atoms with E-state index in [1.807, 2.05) is 13.8 Å². The Morgan fingerprint density at radius 2 is 2.04 bits per heavy atom. The molecule has 3 nitrogen and oxygen atoms in total. The van der Waals surface area contributed by atoms with E-state index in [0.717, 1.165) is 31.5 Å². The van der Waals surface area contributed by atoms with E-state index in [2.05, 4.69) is 10.2 Å². The molecule has 1 aromatic rings. The number of benzene rings is 1. The van der Waals surface area contributed by atoms with Gasteiger partial charge in [-0.3, -0.25) is 9.69 Å². The second kappa shape index (κ2) is 7.51. The largest absolute Gasteiger partial charge is 0.416 e. The van der Waals surface area contributed by atoms with Crippen molar-refractivity contribution in [3.05, 3.63) is 35.1 Å². The Bertz CT molecular complexity index is 586. The molecule has 0 bridgehead atoms. The van der Waals surface area contributed by atoms with Gasteiger partial charge in [0.1, 0.15) is 5.82 Å². The summed E-state index contributed by atoms with van der Waals surface area (Å²) < 4.78 is 52.1. The highest BCUT2D eigenvalue weighted by molar-refractivity contribution is 5.81. The Hall–Kier alpha value is -1.63. The normalized spacial score (nSPS) is 19.5. The van der Waals surface area contributed by atoms with Gasteiger partial charge in [-0.05, 0) is 50.9 Å². The first kappa shape index (κ1) is 18.7. The fraction of sp³-hybridized carbons (Fsp3) is 0.588. The van der Waals surface area contributed by atoms with Crippen molar-refractivity contribution in [2.45, 2.75) is 57.9 Å². The maximum absolute atomic E-state index is 13.1. The summed E-state index contributed by atoms with van der Waals surface area (Å²) in [5, 5.41) is 2.58. The number of amides is 1. The van der Waals surface area contributed by atoms with E-state index < -0.39 is 17.6 Å². The van der Waals surface area contributed by atoms with Gasteiger partial charge in [0, 0.05) is 12.6 Å². The van der Waals surface area contributed by atoms with Crippen molar-refractivity contribution in [1.82, 2.24) is 10.2 Å². The third-order valence-electron chi connectivity index (χ3n) is 4.34. The lowest BCUT2D eigenvalue weighted by Gasteiger charge is -2.37. The van der Waals surface area contributed by atoms with Crippen LogP contribution in [0.25, 0.3) is 0 Å². The van der Waals surface area contributed by atoms with Gasteiger partial charge in [0.25, 0.3) is 0 Å². The highest BCUT2D eigenvalue weighted by Crippen LogP contribution is 2.32. The fourth-order valence-electron chi connectivity index (χ4n) is 3.12. The highest BCUT2D eigenvalue weighted by atomic mass is 19.4. The number of carbonyl (C=O) groups is 1. The lowest BCUT2D eigenvalue weighted by Crippen LogP contribution is -2.51. The zero-order valence-electron chi connectivity index (χ0n) is 13.8. The number of hydrogen-bond donors (Lipinski definition) is 1. The molecule has 1 unspecified atom stereocenters. The summed E-state index contributed by atoms with van der Waals surface area (Å²) in [5.41, 5.74) is -1.18. The smallest absolute Gasteiger partial charge is 0.351 e. The molecule has 1 amide bonds. The molecular formula is C17H22F4N2O. The zero-order chi connectivity index (χ0) is 17.9. The van der Waals surface area contributed by atoms with Crippen molar-refractivity contribution in [1.29, 1.82) is 0 Å². The number of rotatable bonds is 4. The fourth-order valence-corrected chi connectivity index (χ4v) is 3.12. The molecule has 7 heteroatoms. The average molecular weight is 346 g/mol. The number of hydrogen-bond acceptors (Lipinski definition) is 2. The third kappa shape index (κ3) is 4.47. The van der Waals surface area contributed by atoms with Crippen molar-refractivity contribution in [2.75, 3.05) is 6.54 Å². The van der Waals surface area contributed by atoms with E-state index >= 15 is 0 Å². The molecule has 1 atom stereocenters. The minimum absolute atomic E-state index is 0.135. The van der Waals surface area contributed by atoms with Crippen LogP contribution < -0.4 is 5.32 Å². The van der Waals surface area contributed by atoms with Gasteiger partial charge in [-0.15, -0.1) is 0 Å². The topological polar surface area (TPSA) is 32.3 Å². The molecule has 2 rings (SSSR count). The van der Waals surface area contributed by atoms with Crippen LogP contribution in [-0.2, 0) is 17.5 Å². The number of halogens is 4. The van der Waals surface area contributed by atoms with E-state index in [0.29, 0.717) is 12.5 Å². The van der Waals surface area contributed by atoms with Crippen LogP contribution in [0.3, 0.4) is 0 Å². The number of alkyl halides is 3. The van der Waals surface area contributed by atoms with Crippen LogP contribution in [-0.4, -0.2) is 29.4 Å². The predicted molar refractivity (Wildman–Crippen MR) is 82.7 cm³/mol. The molecule has 1 saturated heterocycles. The first-order chi connectivity index (χ1) is 11.2. The van der Waals surface area contributed by atoms with Gasteiger partial charge in [0.05, 0.1) is 11.6 Å². The summed E-state index contributed by atoms with van der Waals surface area (Å²) in [7, 11) is 0. The highest BCUT2D eigenvalue weighted by Gasteiger charge is 2.34. The molecule has 134 valence electrons. The Balaban J connectivity index is 2.09. The molecular weight excluding hydrogens is 324 g/mol. The van der Waals surface area contributed by atoms with Crippen molar-refractivity contribution < 1.29 is 22.4 Å². The van der Waals surface area contributed by atoms with Gasteiger partial charge in [-0.1, -0.05) is 12.5 Å². The molecule has 1 N–H and O–H groups in total. The lowest BCUT2D eigenvalue weighted by molar-refractivity contribution is -0.139. The van der Waals surface area contributed by atoms with Crippen molar-refractivity contribution in [3.8, 4) is 0 Å². The molecule has 1 heterocycles. The molecule has 1 aliphatic rings. The van der Waals surface area contributed by atoms with Crippen LogP contribution in [0.4, 0.5) is 17.6 Å². The summed E-state index contributed by atoms with van der Waals surface area (Å²) in [6.45, 7) is 4.52. The summed E-state index contributed by atoms with van der Waals surface area (Å²) >= 11 is 0. The Labute approximate surface area is 139 Å². The van der Waals surface area contributed by atoms with Crippen LogP contribution in [0.5, 0.6) is 0 Å². The lowest BCUT2D eigenvalue weighted by atomic mass is 9.99. The third-order valence-corrected chi connectivity index (χ3v) is 4.34. The van der Waals surface area contributed by atoms with Gasteiger partial charge >= 0.3 is 6.18 Å². The van der Waals surface area contributed by atoms with Crippen molar-refractivity contribution >= 4 is 5.91 Å². The maximum Gasteiger partial charge on any atom is 0.416 e. The summed E-state index contributed by atoms with van der Waals surface area (Å²) in [4.78, 5) is 14.5. The molecule has 0 aromatic heterocycles. The average Bonchev–Trinajstić information content (AvgIpc) is 2.52. The number of carbonyl (C=O) groups excluding carboxylic acids is 1. The molecule has 0 saturated carbocycles. The zero-order valence-corrected chi connectivity index (χ0v) is 13.8. The minimum atomic E-state index is -4.66. The van der Waals surface area contributed by atoms with E-state index in [-0.39, 0.29) is 30.1 Å². The summed E-state index contributed by atoms with van der Waals surface area (Å²) in [6.07, 6.45) is -2.03. The Kier molecular flexibility index (Phi) is 5.85. The first-order valence-corrected chi connectivity index (χ1v) is 8.09. The molecule has 0 aliphatic carbocycles. The van der Waals surface area contributed by atoms with E-state index in [9.17, 15) is 22.4 Å². The second-order valence-electron chi connectivity index (χ2n) is 6.36. The quantitative estimate of drug-likeness (QED) is 0.843. The number of nitrogens with zero attached hydrogens (tertiary/aromatic N) is 1. The predicted octanol–water partition coefficient (Wildman–Crippen LogP) is 3.72. The minimum Gasteiger partial charge on any atom is -0.351 e. The van der Waals surface area contributed by atoms with Crippen molar-refractivity contribution in [3.63, 3.8) is 0 Å². The monoisotopic (exact) mass is 346 g/mol. The van der Waals surface area contributed by atoms with Gasteiger partial charge in [0.15, 0.2) is 0 Å². The molecule has 24 heavy (non-hydrogen) atoms. The van der Waals surface area contributed by atoms with Crippen LogP contribution in [0.2, 0.25) is 0 Å². The van der Waals surface area contributed by atoms with Crippen LogP contribution >= 0.6 is 0 Å². The Morgan fingerprint density at radius 1 is 1.33 bits per heavy atom. The van der Waals surface area contributed by atoms with Gasteiger partial charge in [-0.25, -0.2) is 4.39 Å². The van der Waals surface area contributed by atoms with Crippen LogP contribution in [0.15, 0.2) is 18.2 Å². The van der Waals surface area contributed by atoms with E-state index in [1.165, 1.54) is 0 Å². The van der Waals surface area contributed by atoms with Gasteiger partial charge in [-0.2, -0.15) is 13.2 Å². The van der Waals surface area contributed by atoms with Gasteiger partial charge in [0.2, 0.25) is 5.91 Å². The SMILES string of the molecule is CC(C)N1CCCCC1C(=O)NCc1ccc(F)cc1C(F)(F)F. The first-order valence-electron chi connectivity index (χ1n) is 8.09. The second-order valence-corrected chi connectivity index (χ2v) is 6.36. The van der Waals surface area contributed by atoms with E-state index in [4.69, 9.17) is 0 Å². The van der Waals surface area contributed by atoms with Crippen LogP contribution in [0.1, 0.15) is 44.2 Å². The van der Waals surface area contributed by atoms with Crippen molar-refractivity contribution in [2.24, 2.45) is 0 Å². The molecule has 0 spiro atoms. The maximum atomic E-state index is 13.1. The standard InChI is InChI=1S/C17H22F4N2O/c1-11(2)23-8-4-3-5-15(23)16(24)22-10-12-6-7-13(18)9-14(12)17(19,20)21/h6-7,9,11,15H,3-5,8,10H2,1-2H3,(H,22,24).